The molecule has 2 aromatic rings. The molecule has 0 aliphatic carbocycles. The van der Waals surface area contributed by atoms with Crippen molar-refractivity contribution in [1.29, 1.82) is 0 Å². The molecule has 3 rings (SSSR count). The molecule has 0 radical (unpaired) electrons. The molecule has 2 heterocycles. The van der Waals surface area contributed by atoms with Crippen molar-refractivity contribution >= 4 is 11.7 Å². The number of rotatable bonds is 4. The van der Waals surface area contributed by atoms with E-state index in [4.69, 9.17) is 0 Å². The van der Waals surface area contributed by atoms with Crippen LogP contribution in [0, 0.1) is 6.92 Å². The fraction of sp³-hybridized carbons (Fsp3) is 0.421. The summed E-state index contributed by atoms with van der Waals surface area (Å²) in [6.07, 6.45) is 1.24. The molecule has 0 fully saturated rings. The van der Waals surface area contributed by atoms with E-state index in [1.165, 1.54) is 0 Å². The third kappa shape index (κ3) is 3.40. The molecule has 0 bridgehead atoms. The fourth-order valence-electron chi connectivity index (χ4n) is 3.08. The lowest BCUT2D eigenvalue weighted by Gasteiger charge is -2.31. The summed E-state index contributed by atoms with van der Waals surface area (Å²) in [5, 5.41) is 0. The molecule has 0 N–H and O–H groups in total. The zero-order chi connectivity index (χ0) is 17.1. The van der Waals surface area contributed by atoms with Gasteiger partial charge in [0.2, 0.25) is 5.91 Å². The van der Waals surface area contributed by atoms with E-state index in [0.29, 0.717) is 13.0 Å². The van der Waals surface area contributed by atoms with Crippen molar-refractivity contribution in [2.24, 2.45) is 0 Å². The Labute approximate surface area is 143 Å². The molecule has 1 aliphatic rings. The number of hydrogen-bond acceptors (Lipinski definition) is 4. The van der Waals surface area contributed by atoms with E-state index in [1.54, 1.807) is 0 Å². The second-order valence-corrected chi connectivity index (χ2v) is 6.26. The Balaban J connectivity index is 1.82. The third-order valence-electron chi connectivity index (χ3n) is 4.54. The van der Waals surface area contributed by atoms with E-state index >= 15 is 0 Å². The molecule has 5 nitrogen and oxygen atoms in total. The number of carbonyl (C=O) groups is 1. The number of nitrogens with zero attached hydrogens (tertiary/aromatic N) is 4. The highest BCUT2D eigenvalue weighted by Gasteiger charge is 2.26. The summed E-state index contributed by atoms with van der Waals surface area (Å²) in [5.74, 6) is 1.92. The molecule has 0 atom stereocenters. The smallest absolute Gasteiger partial charge is 0.227 e. The van der Waals surface area contributed by atoms with E-state index in [2.05, 4.69) is 21.8 Å². The first-order chi connectivity index (χ1) is 11.6. The molecule has 1 aromatic carbocycles. The SMILES string of the molecule is CCN(C)c1nc(C)nc2c1CN(C(=O)Cc1ccccc1)CC2. The van der Waals surface area contributed by atoms with E-state index in [-0.39, 0.29) is 5.91 Å². The van der Waals surface area contributed by atoms with Crippen LogP contribution in [0.4, 0.5) is 5.82 Å². The van der Waals surface area contributed by atoms with Gasteiger partial charge in [-0.05, 0) is 19.4 Å². The van der Waals surface area contributed by atoms with E-state index in [9.17, 15) is 4.79 Å². The zero-order valence-electron chi connectivity index (χ0n) is 14.6. The maximum absolute atomic E-state index is 12.7. The van der Waals surface area contributed by atoms with Crippen molar-refractivity contribution < 1.29 is 4.79 Å². The van der Waals surface area contributed by atoms with Crippen LogP contribution in [0.25, 0.3) is 0 Å². The van der Waals surface area contributed by atoms with Crippen LogP contribution in [0.5, 0.6) is 0 Å². The second kappa shape index (κ2) is 6.99. The van der Waals surface area contributed by atoms with Crippen LogP contribution in [0.3, 0.4) is 0 Å². The Kier molecular flexibility index (Phi) is 4.79. The molecular weight excluding hydrogens is 300 g/mol. The molecule has 0 unspecified atom stereocenters. The Morgan fingerprint density at radius 1 is 1.25 bits per heavy atom. The topological polar surface area (TPSA) is 49.3 Å². The molecule has 5 heteroatoms. The summed E-state index contributed by atoms with van der Waals surface area (Å²) < 4.78 is 0. The molecule has 1 aromatic heterocycles. The summed E-state index contributed by atoms with van der Waals surface area (Å²) in [6, 6.07) is 9.91. The predicted octanol–water partition coefficient (Wildman–Crippen LogP) is 2.37. The van der Waals surface area contributed by atoms with Crippen molar-refractivity contribution in [3.05, 3.63) is 53.0 Å². The number of aromatic nitrogens is 2. The standard InChI is InChI=1S/C19H24N4O/c1-4-22(3)19-16-13-23(11-10-17(16)20-14(2)21-19)18(24)12-15-8-6-5-7-9-15/h5-9H,4,10-13H2,1-3H3. The van der Waals surface area contributed by atoms with Gasteiger partial charge in [-0.3, -0.25) is 4.79 Å². The van der Waals surface area contributed by atoms with Gasteiger partial charge in [-0.25, -0.2) is 9.97 Å². The quantitative estimate of drug-likeness (QED) is 0.866. The highest BCUT2D eigenvalue weighted by atomic mass is 16.2. The summed E-state index contributed by atoms with van der Waals surface area (Å²) >= 11 is 0. The lowest BCUT2D eigenvalue weighted by molar-refractivity contribution is -0.131. The van der Waals surface area contributed by atoms with Gasteiger partial charge >= 0.3 is 0 Å². The Morgan fingerprint density at radius 2 is 2.00 bits per heavy atom. The van der Waals surface area contributed by atoms with E-state index in [0.717, 1.165) is 48.0 Å². The number of aryl methyl sites for hydroxylation is 1. The van der Waals surface area contributed by atoms with Gasteiger partial charge in [-0.2, -0.15) is 0 Å². The summed E-state index contributed by atoms with van der Waals surface area (Å²) in [4.78, 5) is 25.9. The highest BCUT2D eigenvalue weighted by Crippen LogP contribution is 2.26. The van der Waals surface area contributed by atoms with Gasteiger partial charge in [0.15, 0.2) is 0 Å². The largest absolute Gasteiger partial charge is 0.360 e. The minimum atomic E-state index is 0.164. The molecule has 0 saturated carbocycles. The molecule has 1 aliphatic heterocycles. The maximum Gasteiger partial charge on any atom is 0.227 e. The first-order valence-corrected chi connectivity index (χ1v) is 8.47. The molecule has 24 heavy (non-hydrogen) atoms. The predicted molar refractivity (Wildman–Crippen MR) is 95.0 cm³/mol. The average molecular weight is 324 g/mol. The van der Waals surface area contributed by atoms with E-state index in [1.807, 2.05) is 49.2 Å². The average Bonchev–Trinajstić information content (AvgIpc) is 2.60. The Morgan fingerprint density at radius 3 is 2.71 bits per heavy atom. The van der Waals surface area contributed by atoms with Gasteiger partial charge in [0.05, 0.1) is 18.7 Å². The van der Waals surface area contributed by atoms with Crippen molar-refractivity contribution in [1.82, 2.24) is 14.9 Å². The molecule has 1 amide bonds. The van der Waals surface area contributed by atoms with Crippen LogP contribution in [-0.4, -0.2) is 40.9 Å². The molecular formula is C19H24N4O. The van der Waals surface area contributed by atoms with Gasteiger partial charge in [0, 0.05) is 32.1 Å². The van der Waals surface area contributed by atoms with Crippen LogP contribution >= 0.6 is 0 Å². The number of amides is 1. The normalized spacial score (nSPS) is 13.5. The van der Waals surface area contributed by atoms with Crippen LogP contribution in [0.1, 0.15) is 29.6 Å². The minimum Gasteiger partial charge on any atom is -0.360 e. The lowest BCUT2D eigenvalue weighted by Crippen LogP contribution is -2.38. The summed E-state index contributed by atoms with van der Waals surface area (Å²) in [5.41, 5.74) is 3.23. The van der Waals surface area contributed by atoms with Crippen LogP contribution < -0.4 is 4.90 Å². The molecule has 0 saturated heterocycles. The van der Waals surface area contributed by atoms with Gasteiger partial charge < -0.3 is 9.80 Å². The van der Waals surface area contributed by atoms with Gasteiger partial charge in [0.1, 0.15) is 11.6 Å². The fourth-order valence-corrected chi connectivity index (χ4v) is 3.08. The second-order valence-electron chi connectivity index (χ2n) is 6.26. The number of hydrogen-bond donors (Lipinski definition) is 0. The van der Waals surface area contributed by atoms with E-state index < -0.39 is 0 Å². The van der Waals surface area contributed by atoms with Gasteiger partial charge in [0.25, 0.3) is 0 Å². The van der Waals surface area contributed by atoms with Gasteiger partial charge in [-0.15, -0.1) is 0 Å². The minimum absolute atomic E-state index is 0.164. The van der Waals surface area contributed by atoms with Crippen LogP contribution in [-0.2, 0) is 24.2 Å². The lowest BCUT2D eigenvalue weighted by atomic mass is 10.0. The monoisotopic (exact) mass is 324 g/mol. The number of carbonyl (C=O) groups excluding carboxylic acids is 1. The number of benzene rings is 1. The van der Waals surface area contributed by atoms with Gasteiger partial charge in [-0.1, -0.05) is 30.3 Å². The highest BCUT2D eigenvalue weighted by molar-refractivity contribution is 5.79. The van der Waals surface area contributed by atoms with Crippen molar-refractivity contribution in [3.8, 4) is 0 Å². The molecule has 0 spiro atoms. The summed E-state index contributed by atoms with van der Waals surface area (Å²) in [6.45, 7) is 6.23. The first kappa shape index (κ1) is 16.4. The number of anilines is 1. The third-order valence-corrected chi connectivity index (χ3v) is 4.54. The van der Waals surface area contributed by atoms with Crippen LogP contribution in [0.15, 0.2) is 30.3 Å². The Hall–Kier alpha value is -2.43. The van der Waals surface area contributed by atoms with Crippen LogP contribution in [0.2, 0.25) is 0 Å². The first-order valence-electron chi connectivity index (χ1n) is 8.47. The van der Waals surface area contributed by atoms with Crippen molar-refractivity contribution in [2.45, 2.75) is 33.2 Å². The van der Waals surface area contributed by atoms with Crippen molar-refractivity contribution in [2.75, 3.05) is 25.0 Å². The molecule has 126 valence electrons. The zero-order valence-corrected chi connectivity index (χ0v) is 14.6. The Bertz CT molecular complexity index is 730. The number of fused-ring (bicyclic) bond motifs is 1. The summed E-state index contributed by atoms with van der Waals surface area (Å²) in [7, 11) is 2.03. The van der Waals surface area contributed by atoms with Crippen molar-refractivity contribution in [3.63, 3.8) is 0 Å². The maximum atomic E-state index is 12.7.